The van der Waals surface area contributed by atoms with Crippen molar-refractivity contribution >= 4 is 46.9 Å². The van der Waals surface area contributed by atoms with E-state index in [9.17, 15) is 14.4 Å². The van der Waals surface area contributed by atoms with E-state index in [4.69, 9.17) is 14.2 Å². The summed E-state index contributed by atoms with van der Waals surface area (Å²) in [5.74, 6) is 1.02. The molecule has 0 bridgehead atoms. The molecule has 1 saturated carbocycles. The minimum Gasteiger partial charge on any atom is -0.500 e. The SMILES string of the molecule is C=[N+](C)[C-]1C=CC2=C(c3cc(N(C)C)c(N(CC)CCCC(=O)OC4C(=O)CCC4=O)cc3OC)c3ccc(N(C)C)cc3OC2=C1. The number of carbonyl (C=O) groups excluding carboxylic acids is 3. The van der Waals surface area contributed by atoms with Crippen LogP contribution < -0.4 is 24.2 Å². The molecule has 0 saturated heterocycles. The van der Waals surface area contributed by atoms with Gasteiger partial charge >= 0.3 is 5.97 Å². The molecule has 2 aromatic rings. The maximum absolute atomic E-state index is 12.5. The summed E-state index contributed by atoms with van der Waals surface area (Å²) < 4.78 is 19.6. The summed E-state index contributed by atoms with van der Waals surface area (Å²) in [4.78, 5) is 42.7. The molecule has 1 heterocycles. The van der Waals surface area contributed by atoms with Gasteiger partial charge in [0.15, 0.2) is 11.6 Å². The fourth-order valence-electron chi connectivity index (χ4n) is 6.08. The number of methoxy groups -OCH3 is 1. The average molecular weight is 641 g/mol. The van der Waals surface area contributed by atoms with Crippen LogP contribution in [0.3, 0.4) is 0 Å². The van der Waals surface area contributed by atoms with Crippen LogP contribution in [0.15, 0.2) is 59.9 Å². The molecule has 0 unspecified atom stereocenters. The Morgan fingerprint density at radius 3 is 2.38 bits per heavy atom. The molecule has 248 valence electrons. The Balaban J connectivity index is 1.51. The van der Waals surface area contributed by atoms with Crippen LogP contribution >= 0.6 is 0 Å². The summed E-state index contributed by atoms with van der Waals surface area (Å²) >= 11 is 0. The quantitative estimate of drug-likeness (QED) is 0.107. The van der Waals surface area contributed by atoms with Gasteiger partial charge in [-0.3, -0.25) is 19.0 Å². The van der Waals surface area contributed by atoms with Crippen LogP contribution in [0, 0.1) is 6.04 Å². The molecule has 2 aliphatic carbocycles. The molecule has 2 aromatic carbocycles. The molecule has 0 spiro atoms. The average Bonchev–Trinajstić information content (AvgIpc) is 3.36. The van der Waals surface area contributed by atoms with Crippen LogP contribution in [0.2, 0.25) is 0 Å². The molecular weight excluding hydrogens is 596 g/mol. The van der Waals surface area contributed by atoms with Crippen molar-refractivity contribution < 1.29 is 33.2 Å². The van der Waals surface area contributed by atoms with Gasteiger partial charge in [0.1, 0.15) is 24.6 Å². The number of rotatable bonds is 12. The summed E-state index contributed by atoms with van der Waals surface area (Å²) in [6.45, 7) is 7.36. The van der Waals surface area contributed by atoms with Gasteiger partial charge in [-0.2, -0.15) is 0 Å². The summed E-state index contributed by atoms with van der Waals surface area (Å²) in [5.41, 5.74) is 6.78. The van der Waals surface area contributed by atoms with E-state index in [0.29, 0.717) is 25.3 Å². The number of likely N-dealkylation sites (N-methyl/N-ethyl adjacent to an activating group) is 1. The lowest BCUT2D eigenvalue weighted by atomic mass is 9.86. The molecule has 0 aromatic heterocycles. The topological polar surface area (TPSA) is 91.6 Å². The highest BCUT2D eigenvalue weighted by molar-refractivity contribution is 6.12. The van der Waals surface area contributed by atoms with Crippen molar-refractivity contribution in [2.45, 2.75) is 38.7 Å². The molecule has 3 aliphatic rings. The summed E-state index contributed by atoms with van der Waals surface area (Å²) in [7, 11) is 11.6. The van der Waals surface area contributed by atoms with Crippen LogP contribution in [-0.4, -0.2) is 90.4 Å². The van der Waals surface area contributed by atoms with Crippen LogP contribution in [0.1, 0.15) is 43.7 Å². The third-order valence-electron chi connectivity index (χ3n) is 8.68. The maximum atomic E-state index is 12.5. The van der Waals surface area contributed by atoms with E-state index in [0.717, 1.165) is 56.9 Å². The number of anilines is 3. The molecule has 1 fully saturated rings. The molecule has 5 rings (SSSR count). The predicted molar refractivity (Wildman–Crippen MR) is 185 cm³/mol. The number of hydrogen-bond acceptors (Lipinski definition) is 9. The highest BCUT2D eigenvalue weighted by Crippen LogP contribution is 2.49. The lowest BCUT2D eigenvalue weighted by Crippen LogP contribution is -2.30. The van der Waals surface area contributed by atoms with Gasteiger partial charge in [-0.15, -0.1) is 6.08 Å². The molecule has 10 nitrogen and oxygen atoms in total. The van der Waals surface area contributed by atoms with Crippen LogP contribution in [-0.2, 0) is 19.1 Å². The van der Waals surface area contributed by atoms with Crippen molar-refractivity contribution in [2.75, 3.05) is 70.1 Å². The molecule has 0 amide bonds. The van der Waals surface area contributed by atoms with E-state index < -0.39 is 12.1 Å². The normalized spacial score (nSPS) is 15.6. The fraction of sp³-hybridized carbons (Fsp3) is 0.378. The number of allylic oxidation sites excluding steroid dienone is 1. The zero-order chi connectivity index (χ0) is 34.0. The standard InChI is InChI=1S/C37H44N4O6/c1-9-41(18-10-11-35(44)47-37-30(42)16-17-31(37)43)29-22-32(45-8)27(21-28(29)40(6)7)36-25-14-12-23(38(2)3)19-33(25)46-34-20-24(39(4)5)13-15-26(34)36/h12-15,19-22,37H,2,9-11,16-18H2,1,3-8H3. The third kappa shape index (κ3) is 6.77. The van der Waals surface area contributed by atoms with Gasteiger partial charge in [0.2, 0.25) is 6.10 Å². The number of Topliss-reactive ketones (excluding diaryl/α,β-unsaturated/α-hetero) is 2. The van der Waals surface area contributed by atoms with Crippen LogP contribution in [0.25, 0.3) is 5.57 Å². The minimum absolute atomic E-state index is 0.102. The molecule has 0 radical (unpaired) electrons. The van der Waals surface area contributed by atoms with E-state index >= 15 is 0 Å². The molecule has 47 heavy (non-hydrogen) atoms. The maximum Gasteiger partial charge on any atom is 0.307 e. The van der Waals surface area contributed by atoms with E-state index in [2.05, 4.69) is 59.8 Å². The predicted octanol–water partition coefficient (Wildman–Crippen LogP) is 4.80. The Morgan fingerprint density at radius 1 is 1.04 bits per heavy atom. The van der Waals surface area contributed by atoms with E-state index in [-0.39, 0.29) is 30.8 Å². The van der Waals surface area contributed by atoms with E-state index in [1.807, 2.05) is 52.3 Å². The number of hydrogen-bond donors (Lipinski definition) is 0. The summed E-state index contributed by atoms with van der Waals surface area (Å²) in [6, 6.07) is 11.4. The lowest BCUT2D eigenvalue weighted by Gasteiger charge is -2.34. The number of esters is 1. The largest absolute Gasteiger partial charge is 0.500 e. The first kappa shape index (κ1) is 33.4. The number of benzene rings is 2. The Morgan fingerprint density at radius 2 is 1.77 bits per heavy atom. The first-order valence-electron chi connectivity index (χ1n) is 15.9. The summed E-state index contributed by atoms with van der Waals surface area (Å²) in [5, 5.41) is 0. The van der Waals surface area contributed by atoms with E-state index in [1.54, 1.807) is 11.7 Å². The number of ketones is 2. The van der Waals surface area contributed by atoms with Crippen molar-refractivity contribution in [3.63, 3.8) is 0 Å². The Bertz CT molecular complexity index is 1690. The molecule has 0 atom stereocenters. The molecular formula is C37H44N4O6. The number of nitrogens with zero attached hydrogens (tertiary/aromatic N) is 4. The fourth-order valence-corrected chi connectivity index (χ4v) is 6.08. The van der Waals surface area contributed by atoms with Crippen molar-refractivity contribution in [3.8, 4) is 11.5 Å². The first-order valence-corrected chi connectivity index (χ1v) is 15.9. The van der Waals surface area contributed by atoms with Gasteiger partial charge in [-0.1, -0.05) is 11.6 Å². The van der Waals surface area contributed by atoms with Gasteiger partial charge in [-0.25, -0.2) is 0 Å². The first-order chi connectivity index (χ1) is 22.4. The van der Waals surface area contributed by atoms with E-state index in [1.165, 1.54) is 0 Å². The molecule has 1 aliphatic heterocycles. The van der Waals surface area contributed by atoms with Gasteiger partial charge < -0.3 is 28.9 Å². The van der Waals surface area contributed by atoms with Crippen LogP contribution in [0.4, 0.5) is 17.1 Å². The van der Waals surface area contributed by atoms with Crippen molar-refractivity contribution in [1.29, 1.82) is 0 Å². The molecule has 10 heteroatoms. The van der Waals surface area contributed by atoms with Crippen molar-refractivity contribution in [3.05, 3.63) is 77.1 Å². The second-order valence-electron chi connectivity index (χ2n) is 12.4. The zero-order valence-corrected chi connectivity index (χ0v) is 28.4. The van der Waals surface area contributed by atoms with Gasteiger partial charge in [0.25, 0.3) is 0 Å². The Labute approximate surface area is 277 Å². The number of ether oxygens (including phenoxy) is 3. The monoisotopic (exact) mass is 640 g/mol. The van der Waals surface area contributed by atoms with Crippen molar-refractivity contribution in [1.82, 2.24) is 0 Å². The smallest absolute Gasteiger partial charge is 0.307 e. The Hall–Kier alpha value is -4.99. The zero-order valence-electron chi connectivity index (χ0n) is 28.4. The van der Waals surface area contributed by atoms with Gasteiger partial charge in [-0.05, 0) is 43.2 Å². The van der Waals surface area contributed by atoms with Gasteiger partial charge in [0, 0.05) is 89.5 Å². The highest BCUT2D eigenvalue weighted by atomic mass is 16.6. The Kier molecular flexibility index (Phi) is 9.79. The number of fused-ring (bicyclic) bond motifs is 2. The lowest BCUT2D eigenvalue weighted by molar-refractivity contribution is -0.457. The van der Waals surface area contributed by atoms with Crippen LogP contribution in [0.5, 0.6) is 11.5 Å². The summed E-state index contributed by atoms with van der Waals surface area (Å²) in [6.07, 6.45) is 5.74. The van der Waals surface area contributed by atoms with Crippen molar-refractivity contribution in [2.24, 2.45) is 0 Å². The number of carbonyl (C=O) groups is 3. The molecule has 0 N–H and O–H groups in total. The second-order valence-corrected chi connectivity index (χ2v) is 12.4. The second kappa shape index (κ2) is 13.8. The third-order valence-corrected chi connectivity index (χ3v) is 8.68. The minimum atomic E-state index is -1.24. The van der Waals surface area contributed by atoms with Gasteiger partial charge in [0.05, 0.1) is 31.0 Å². The highest BCUT2D eigenvalue weighted by Gasteiger charge is 2.36.